The number of benzene rings is 1. The molecule has 0 saturated carbocycles. The van der Waals surface area contributed by atoms with Gasteiger partial charge in [-0.15, -0.1) is 24.8 Å². The second kappa shape index (κ2) is 14.6. The van der Waals surface area contributed by atoms with Crippen molar-refractivity contribution in [1.29, 1.82) is 5.41 Å². The Morgan fingerprint density at radius 1 is 1.09 bits per heavy atom. The first kappa shape index (κ1) is 29.4. The largest absolute Gasteiger partial charge is 0.395 e. The van der Waals surface area contributed by atoms with Crippen molar-refractivity contribution in [3.8, 4) is 0 Å². The van der Waals surface area contributed by atoms with E-state index in [-0.39, 0.29) is 54.3 Å². The van der Waals surface area contributed by atoms with E-state index in [0.717, 1.165) is 44.5 Å². The zero-order valence-corrected chi connectivity index (χ0v) is 21.1. The number of anilines is 2. The predicted octanol–water partition coefficient (Wildman–Crippen LogP) is 2.55. The van der Waals surface area contributed by atoms with Crippen molar-refractivity contribution < 1.29 is 5.11 Å². The lowest BCUT2D eigenvalue weighted by Crippen LogP contribution is -2.48. The maximum absolute atomic E-state index is 12.5. The van der Waals surface area contributed by atoms with Crippen LogP contribution in [-0.2, 0) is 6.54 Å². The lowest BCUT2D eigenvalue weighted by atomic mass is 10.2. The highest BCUT2D eigenvalue weighted by atomic mass is 35.5. The fourth-order valence-corrected chi connectivity index (χ4v) is 3.72. The quantitative estimate of drug-likeness (QED) is 0.294. The molecule has 1 aromatic carbocycles. The molecule has 1 aromatic heterocycles. The molecule has 3 rings (SSSR count). The van der Waals surface area contributed by atoms with Gasteiger partial charge in [0.05, 0.1) is 16.7 Å². The van der Waals surface area contributed by atoms with Crippen molar-refractivity contribution in [3.63, 3.8) is 0 Å². The van der Waals surface area contributed by atoms with E-state index in [1.54, 1.807) is 12.1 Å². The second-order valence-electron chi connectivity index (χ2n) is 7.25. The summed E-state index contributed by atoms with van der Waals surface area (Å²) in [5.74, 6) is 0.278. The first-order chi connectivity index (χ1) is 15.0. The fraction of sp³-hybridized carbons (Fsp3) is 0.450. The molecule has 5 N–H and O–H groups in total. The van der Waals surface area contributed by atoms with Crippen molar-refractivity contribution >= 4 is 65.9 Å². The van der Waals surface area contributed by atoms with Crippen LogP contribution >= 0.6 is 48.0 Å². The Morgan fingerprint density at radius 3 is 2.36 bits per heavy atom. The number of nitrogens with zero attached hydrogens (tertiary/aromatic N) is 3. The van der Waals surface area contributed by atoms with Gasteiger partial charge in [-0.2, -0.15) is 0 Å². The summed E-state index contributed by atoms with van der Waals surface area (Å²) in [5.41, 5.74) is 1.11. The summed E-state index contributed by atoms with van der Waals surface area (Å²) in [4.78, 5) is 24.1. The number of aliphatic hydroxyl groups is 1. The smallest absolute Gasteiger partial charge is 0.276 e. The van der Waals surface area contributed by atoms with Crippen LogP contribution in [-0.4, -0.2) is 83.5 Å². The van der Waals surface area contributed by atoms with Gasteiger partial charge in [-0.05, 0) is 17.7 Å². The molecule has 184 valence electrons. The van der Waals surface area contributed by atoms with Crippen LogP contribution in [0.5, 0.6) is 0 Å². The second-order valence-corrected chi connectivity index (χ2v) is 8.07. The van der Waals surface area contributed by atoms with Gasteiger partial charge in [-0.1, -0.05) is 29.3 Å². The van der Waals surface area contributed by atoms with E-state index in [9.17, 15) is 4.79 Å². The van der Waals surface area contributed by atoms with Gasteiger partial charge < -0.3 is 21.1 Å². The molecule has 0 aliphatic carbocycles. The van der Waals surface area contributed by atoms with Crippen LogP contribution in [0.1, 0.15) is 11.3 Å². The van der Waals surface area contributed by atoms with Crippen molar-refractivity contribution in [2.75, 3.05) is 63.1 Å². The fourth-order valence-electron chi connectivity index (χ4n) is 3.40. The highest BCUT2D eigenvalue weighted by Crippen LogP contribution is 2.22. The number of rotatable bonds is 10. The molecule has 33 heavy (non-hydrogen) atoms. The average Bonchev–Trinajstić information content (AvgIpc) is 2.77. The minimum atomic E-state index is -0.335. The number of halogens is 4. The van der Waals surface area contributed by atoms with Crippen molar-refractivity contribution in [3.05, 3.63) is 49.9 Å². The van der Waals surface area contributed by atoms with E-state index in [4.69, 9.17) is 33.7 Å². The molecule has 13 heteroatoms. The third kappa shape index (κ3) is 8.60. The van der Waals surface area contributed by atoms with Gasteiger partial charge in [-0.3, -0.25) is 19.6 Å². The van der Waals surface area contributed by atoms with Crippen LogP contribution in [0.3, 0.4) is 0 Å². The maximum atomic E-state index is 12.5. The van der Waals surface area contributed by atoms with Crippen molar-refractivity contribution in [1.82, 2.24) is 19.8 Å². The number of β-amino-alcohol motifs (C(OH)–C–C–N with tert-alkyl or cyclic N) is 1. The lowest BCUT2D eigenvalue weighted by molar-refractivity contribution is 0.115. The average molecular weight is 541 g/mol. The maximum Gasteiger partial charge on any atom is 0.276 e. The van der Waals surface area contributed by atoms with E-state index in [0.29, 0.717) is 29.7 Å². The molecule has 2 heterocycles. The van der Waals surface area contributed by atoms with Gasteiger partial charge in [0.2, 0.25) is 5.95 Å². The number of hydrogen-bond acceptors (Lipinski definition) is 8. The Kier molecular flexibility index (Phi) is 13.0. The normalized spacial score (nSPS) is 14.2. The summed E-state index contributed by atoms with van der Waals surface area (Å²) in [5, 5.41) is 23.8. The summed E-state index contributed by atoms with van der Waals surface area (Å²) >= 11 is 12.0. The Balaban J connectivity index is 0.00000272. The molecule has 2 aromatic rings. The molecule has 0 unspecified atom stereocenters. The third-order valence-corrected chi connectivity index (χ3v) is 5.88. The van der Waals surface area contributed by atoms with Gasteiger partial charge in [0, 0.05) is 58.6 Å². The van der Waals surface area contributed by atoms with E-state index in [2.05, 4.69) is 30.4 Å². The topological polar surface area (TPSA) is 120 Å². The Bertz CT molecular complexity index is 952. The molecular weight excluding hydrogens is 512 g/mol. The molecule has 9 nitrogen and oxygen atoms in total. The lowest BCUT2D eigenvalue weighted by Gasteiger charge is -2.34. The molecule has 1 aliphatic heterocycles. The highest BCUT2D eigenvalue weighted by molar-refractivity contribution is 6.42. The molecule has 0 atom stereocenters. The van der Waals surface area contributed by atoms with Gasteiger partial charge in [0.25, 0.3) is 5.56 Å². The Labute approximate surface area is 215 Å². The number of nitrogens with one attached hydrogen (secondary N) is 4. The van der Waals surface area contributed by atoms with Crippen LogP contribution < -0.4 is 16.2 Å². The summed E-state index contributed by atoms with van der Waals surface area (Å²) in [6.45, 7) is 6.33. The van der Waals surface area contributed by atoms with Crippen LogP contribution in [0.25, 0.3) is 0 Å². The SMILES string of the molecule is Cl.Cl.N=Cc1nc(NCc2ccc(Cl)c(Cl)c2)[nH]c(=O)c1NCCN1CCN(CCO)CC1. The third-order valence-electron chi connectivity index (χ3n) is 5.14. The molecule has 0 amide bonds. The minimum absolute atomic E-state index is 0. The van der Waals surface area contributed by atoms with Gasteiger partial charge >= 0.3 is 0 Å². The number of aromatic nitrogens is 2. The summed E-state index contributed by atoms with van der Waals surface area (Å²) in [6, 6.07) is 5.28. The van der Waals surface area contributed by atoms with E-state index in [1.807, 2.05) is 6.07 Å². The van der Waals surface area contributed by atoms with Crippen LogP contribution in [0.2, 0.25) is 10.0 Å². The minimum Gasteiger partial charge on any atom is -0.395 e. The number of piperazine rings is 1. The van der Waals surface area contributed by atoms with Gasteiger partial charge in [-0.25, -0.2) is 4.98 Å². The molecule has 1 saturated heterocycles. The molecular formula is C20H29Cl4N7O2. The van der Waals surface area contributed by atoms with Crippen LogP contribution in [0.4, 0.5) is 11.6 Å². The number of aliphatic hydroxyl groups excluding tert-OH is 1. The Morgan fingerprint density at radius 2 is 1.76 bits per heavy atom. The zero-order chi connectivity index (χ0) is 22.2. The standard InChI is InChI=1S/C20H27Cl2N7O2.2ClH/c21-15-2-1-14(11-16(15)22)13-25-20-26-17(12-23)18(19(31)27-20)24-3-4-28-5-7-29(8-6-28)9-10-30;;/h1-2,11-12,23-24,30H,3-10,13H2,(H2,25,26,27,31);2*1H. The molecule has 0 bridgehead atoms. The monoisotopic (exact) mass is 539 g/mol. The van der Waals surface area contributed by atoms with Crippen LogP contribution in [0.15, 0.2) is 23.0 Å². The number of aromatic amines is 1. The van der Waals surface area contributed by atoms with Crippen molar-refractivity contribution in [2.24, 2.45) is 0 Å². The van der Waals surface area contributed by atoms with E-state index in [1.165, 1.54) is 0 Å². The number of H-pyrrole nitrogens is 1. The zero-order valence-electron chi connectivity index (χ0n) is 17.9. The molecule has 1 fully saturated rings. The van der Waals surface area contributed by atoms with E-state index < -0.39 is 0 Å². The van der Waals surface area contributed by atoms with E-state index >= 15 is 0 Å². The van der Waals surface area contributed by atoms with Gasteiger partial charge in [0.15, 0.2) is 0 Å². The molecule has 0 spiro atoms. The Hall–Kier alpha value is -1.59. The highest BCUT2D eigenvalue weighted by Gasteiger charge is 2.16. The molecule has 0 radical (unpaired) electrons. The number of hydrogen-bond donors (Lipinski definition) is 5. The summed E-state index contributed by atoms with van der Waals surface area (Å²) < 4.78 is 0. The molecule has 1 aliphatic rings. The summed E-state index contributed by atoms with van der Waals surface area (Å²) in [6.07, 6.45) is 1.07. The predicted molar refractivity (Wildman–Crippen MR) is 139 cm³/mol. The van der Waals surface area contributed by atoms with Gasteiger partial charge in [0.1, 0.15) is 11.4 Å². The first-order valence-corrected chi connectivity index (χ1v) is 10.9. The van der Waals surface area contributed by atoms with Crippen molar-refractivity contribution in [2.45, 2.75) is 6.54 Å². The summed E-state index contributed by atoms with van der Waals surface area (Å²) in [7, 11) is 0. The first-order valence-electron chi connectivity index (χ1n) is 10.1. The van der Waals surface area contributed by atoms with Crippen LogP contribution in [0, 0.1) is 5.41 Å².